The van der Waals surface area contributed by atoms with Crippen LogP contribution in [0, 0.1) is 11.8 Å². The molecule has 2 saturated carbocycles. The molecule has 4 nitrogen and oxygen atoms in total. The SMILES string of the molecule is CCN(C(=O)[C@@H]1CC[C@H](C(=O)O)C1)C1CCCC1. The molecule has 102 valence electrons. The molecule has 0 spiro atoms. The Bertz CT molecular complexity index is 323. The van der Waals surface area contributed by atoms with E-state index in [4.69, 9.17) is 5.11 Å². The van der Waals surface area contributed by atoms with Crippen LogP contribution in [0.5, 0.6) is 0 Å². The van der Waals surface area contributed by atoms with Gasteiger partial charge in [-0.3, -0.25) is 9.59 Å². The van der Waals surface area contributed by atoms with E-state index in [-0.39, 0.29) is 17.7 Å². The average molecular weight is 253 g/mol. The Labute approximate surface area is 108 Å². The molecule has 0 radical (unpaired) electrons. The van der Waals surface area contributed by atoms with Gasteiger partial charge in [-0.05, 0) is 39.0 Å². The van der Waals surface area contributed by atoms with Crippen LogP contribution in [0.3, 0.4) is 0 Å². The molecule has 2 aliphatic rings. The molecule has 2 rings (SSSR count). The number of amides is 1. The summed E-state index contributed by atoms with van der Waals surface area (Å²) in [5.41, 5.74) is 0. The van der Waals surface area contributed by atoms with Crippen LogP contribution >= 0.6 is 0 Å². The molecule has 1 N–H and O–H groups in total. The molecule has 0 aromatic rings. The lowest BCUT2D eigenvalue weighted by molar-refractivity contribution is -0.142. The third kappa shape index (κ3) is 2.68. The third-order valence-electron chi connectivity index (χ3n) is 4.52. The summed E-state index contributed by atoms with van der Waals surface area (Å²) in [6.07, 6.45) is 6.63. The second-order valence-electron chi connectivity index (χ2n) is 5.61. The second kappa shape index (κ2) is 5.72. The molecule has 2 fully saturated rings. The van der Waals surface area contributed by atoms with Crippen molar-refractivity contribution in [3.05, 3.63) is 0 Å². The highest BCUT2D eigenvalue weighted by Gasteiger charge is 2.37. The first-order valence-electron chi connectivity index (χ1n) is 7.16. The molecule has 0 saturated heterocycles. The molecule has 0 bridgehead atoms. The summed E-state index contributed by atoms with van der Waals surface area (Å²) in [6.45, 7) is 2.79. The van der Waals surface area contributed by atoms with Crippen LogP contribution in [0.4, 0.5) is 0 Å². The lowest BCUT2D eigenvalue weighted by Crippen LogP contribution is -2.41. The molecular weight excluding hydrogens is 230 g/mol. The third-order valence-corrected chi connectivity index (χ3v) is 4.52. The van der Waals surface area contributed by atoms with Crippen LogP contribution < -0.4 is 0 Å². The van der Waals surface area contributed by atoms with Gasteiger partial charge in [0, 0.05) is 18.5 Å². The predicted molar refractivity (Wildman–Crippen MR) is 68.1 cm³/mol. The van der Waals surface area contributed by atoms with E-state index in [0.29, 0.717) is 18.9 Å². The van der Waals surface area contributed by atoms with E-state index < -0.39 is 5.97 Å². The highest BCUT2D eigenvalue weighted by atomic mass is 16.4. The zero-order chi connectivity index (χ0) is 13.1. The van der Waals surface area contributed by atoms with Crippen molar-refractivity contribution in [3.8, 4) is 0 Å². The predicted octanol–water partition coefficient (Wildman–Crippen LogP) is 2.28. The quantitative estimate of drug-likeness (QED) is 0.836. The van der Waals surface area contributed by atoms with Gasteiger partial charge in [0.2, 0.25) is 5.91 Å². The fourth-order valence-corrected chi connectivity index (χ4v) is 3.47. The van der Waals surface area contributed by atoms with Crippen molar-refractivity contribution in [3.63, 3.8) is 0 Å². The van der Waals surface area contributed by atoms with Crippen molar-refractivity contribution in [2.45, 2.75) is 57.9 Å². The van der Waals surface area contributed by atoms with Crippen molar-refractivity contribution in [1.29, 1.82) is 0 Å². The minimum atomic E-state index is -0.741. The van der Waals surface area contributed by atoms with Crippen LogP contribution in [0.15, 0.2) is 0 Å². The molecule has 0 heterocycles. The first-order valence-corrected chi connectivity index (χ1v) is 7.16. The maximum atomic E-state index is 12.5. The lowest BCUT2D eigenvalue weighted by Gasteiger charge is -2.30. The van der Waals surface area contributed by atoms with Crippen LogP contribution in [-0.2, 0) is 9.59 Å². The fourth-order valence-electron chi connectivity index (χ4n) is 3.47. The molecule has 0 aromatic carbocycles. The number of carbonyl (C=O) groups excluding carboxylic acids is 1. The number of hydrogen-bond donors (Lipinski definition) is 1. The standard InChI is InChI=1S/C14H23NO3/c1-2-15(12-5-3-4-6-12)13(16)10-7-8-11(9-10)14(17)18/h10-12H,2-9H2,1H3,(H,17,18)/t10-,11+/m1/s1. The Morgan fingerprint density at radius 1 is 1.11 bits per heavy atom. The Morgan fingerprint density at radius 2 is 1.72 bits per heavy atom. The molecular formula is C14H23NO3. The van der Waals surface area contributed by atoms with Gasteiger partial charge in [-0.1, -0.05) is 12.8 Å². The number of carboxylic acid groups (broad SMARTS) is 1. The smallest absolute Gasteiger partial charge is 0.306 e. The minimum Gasteiger partial charge on any atom is -0.481 e. The van der Waals surface area contributed by atoms with Gasteiger partial charge in [-0.15, -0.1) is 0 Å². The van der Waals surface area contributed by atoms with E-state index >= 15 is 0 Å². The van der Waals surface area contributed by atoms with Crippen molar-refractivity contribution in [1.82, 2.24) is 4.90 Å². The summed E-state index contributed by atoms with van der Waals surface area (Å²) in [7, 11) is 0. The summed E-state index contributed by atoms with van der Waals surface area (Å²) in [5, 5.41) is 9.00. The van der Waals surface area contributed by atoms with E-state index in [9.17, 15) is 9.59 Å². The van der Waals surface area contributed by atoms with Gasteiger partial charge in [0.15, 0.2) is 0 Å². The van der Waals surface area contributed by atoms with Gasteiger partial charge in [0.1, 0.15) is 0 Å². The molecule has 0 unspecified atom stereocenters. The number of hydrogen-bond acceptors (Lipinski definition) is 2. The largest absolute Gasteiger partial charge is 0.481 e. The van der Waals surface area contributed by atoms with Gasteiger partial charge in [0.25, 0.3) is 0 Å². The molecule has 0 aromatic heterocycles. The summed E-state index contributed by atoms with van der Waals surface area (Å²) in [5.74, 6) is -0.893. The fraction of sp³-hybridized carbons (Fsp3) is 0.857. The molecule has 18 heavy (non-hydrogen) atoms. The maximum absolute atomic E-state index is 12.5. The topological polar surface area (TPSA) is 57.6 Å². The first kappa shape index (κ1) is 13.4. The van der Waals surface area contributed by atoms with Crippen LogP contribution in [0.2, 0.25) is 0 Å². The lowest BCUT2D eigenvalue weighted by atomic mass is 10.0. The normalized spacial score (nSPS) is 28.5. The maximum Gasteiger partial charge on any atom is 0.306 e. The molecule has 1 amide bonds. The monoisotopic (exact) mass is 253 g/mol. The number of aliphatic carboxylic acids is 1. The van der Waals surface area contributed by atoms with E-state index in [1.165, 1.54) is 12.8 Å². The highest BCUT2D eigenvalue weighted by molar-refractivity contribution is 5.81. The number of carboxylic acids is 1. The molecule has 0 aliphatic heterocycles. The van der Waals surface area contributed by atoms with Crippen molar-refractivity contribution in [2.75, 3.05) is 6.54 Å². The van der Waals surface area contributed by atoms with Crippen molar-refractivity contribution < 1.29 is 14.7 Å². The van der Waals surface area contributed by atoms with E-state index in [1.54, 1.807) is 0 Å². The van der Waals surface area contributed by atoms with Gasteiger partial charge in [-0.2, -0.15) is 0 Å². The Kier molecular flexibility index (Phi) is 4.25. The Balaban J connectivity index is 1.95. The Morgan fingerprint density at radius 3 is 2.22 bits per heavy atom. The van der Waals surface area contributed by atoms with Crippen LogP contribution in [0.1, 0.15) is 51.9 Å². The summed E-state index contributed by atoms with van der Waals surface area (Å²) >= 11 is 0. The second-order valence-corrected chi connectivity index (χ2v) is 5.61. The van der Waals surface area contributed by atoms with Crippen LogP contribution in [-0.4, -0.2) is 34.5 Å². The summed E-state index contributed by atoms with van der Waals surface area (Å²) in [4.78, 5) is 25.4. The van der Waals surface area contributed by atoms with E-state index in [0.717, 1.165) is 25.8 Å². The highest BCUT2D eigenvalue weighted by Crippen LogP contribution is 2.34. The summed E-state index contributed by atoms with van der Waals surface area (Å²) < 4.78 is 0. The summed E-state index contributed by atoms with van der Waals surface area (Å²) in [6, 6.07) is 0.409. The Hall–Kier alpha value is -1.06. The van der Waals surface area contributed by atoms with E-state index in [2.05, 4.69) is 0 Å². The van der Waals surface area contributed by atoms with Gasteiger partial charge in [-0.25, -0.2) is 0 Å². The number of rotatable bonds is 4. The van der Waals surface area contributed by atoms with Gasteiger partial charge >= 0.3 is 5.97 Å². The van der Waals surface area contributed by atoms with Crippen LogP contribution in [0.25, 0.3) is 0 Å². The average Bonchev–Trinajstić information content (AvgIpc) is 3.01. The zero-order valence-corrected chi connectivity index (χ0v) is 11.1. The van der Waals surface area contributed by atoms with Gasteiger partial charge < -0.3 is 10.0 Å². The minimum absolute atomic E-state index is 0.0494. The van der Waals surface area contributed by atoms with Gasteiger partial charge in [0.05, 0.1) is 5.92 Å². The molecule has 4 heteroatoms. The van der Waals surface area contributed by atoms with Crippen molar-refractivity contribution in [2.24, 2.45) is 11.8 Å². The first-order chi connectivity index (χ1) is 8.63. The number of nitrogens with zero attached hydrogens (tertiary/aromatic N) is 1. The van der Waals surface area contributed by atoms with Crippen molar-refractivity contribution >= 4 is 11.9 Å². The van der Waals surface area contributed by atoms with E-state index in [1.807, 2.05) is 11.8 Å². The molecule has 2 atom stereocenters. The molecule has 2 aliphatic carbocycles. The zero-order valence-electron chi connectivity index (χ0n) is 11.1. The number of carbonyl (C=O) groups is 2.